The zero-order valence-corrected chi connectivity index (χ0v) is 12.1. The Bertz CT molecular complexity index is 429. The molecule has 0 aromatic heterocycles. The van der Waals surface area contributed by atoms with Gasteiger partial charge in [0.2, 0.25) is 5.91 Å². The zero-order valence-electron chi connectivity index (χ0n) is 12.1. The Hall–Kier alpha value is -1.65. The van der Waals surface area contributed by atoms with E-state index >= 15 is 0 Å². The van der Waals surface area contributed by atoms with Gasteiger partial charge in [-0.3, -0.25) is 4.79 Å². The molecule has 0 spiro atoms. The molecule has 0 bridgehead atoms. The van der Waals surface area contributed by atoms with Crippen molar-refractivity contribution in [2.75, 3.05) is 13.2 Å². The molecule has 20 heavy (non-hydrogen) atoms. The summed E-state index contributed by atoms with van der Waals surface area (Å²) in [5, 5.41) is 13.1. The lowest BCUT2D eigenvalue weighted by molar-refractivity contribution is -0.132. The van der Waals surface area contributed by atoms with Crippen molar-refractivity contribution < 1.29 is 14.6 Å². The number of rotatable bonds is 8. The van der Waals surface area contributed by atoms with Crippen LogP contribution < -0.4 is 5.32 Å². The van der Waals surface area contributed by atoms with E-state index in [2.05, 4.69) is 11.9 Å². The molecule has 0 saturated carbocycles. The van der Waals surface area contributed by atoms with Crippen LogP contribution in [0.2, 0.25) is 0 Å². The molecule has 110 valence electrons. The van der Waals surface area contributed by atoms with E-state index in [-0.39, 0.29) is 12.5 Å². The second-order valence-electron chi connectivity index (χ2n) is 4.95. The molecule has 4 heteroatoms. The van der Waals surface area contributed by atoms with Crippen molar-refractivity contribution >= 4 is 5.91 Å². The van der Waals surface area contributed by atoms with Gasteiger partial charge < -0.3 is 15.2 Å². The lowest BCUT2D eigenvalue weighted by atomic mass is 9.96. The molecule has 1 amide bonds. The quantitative estimate of drug-likeness (QED) is 0.564. The van der Waals surface area contributed by atoms with Crippen LogP contribution in [-0.2, 0) is 15.1 Å². The van der Waals surface area contributed by atoms with E-state index in [9.17, 15) is 9.90 Å². The summed E-state index contributed by atoms with van der Waals surface area (Å²) in [6.45, 7) is 7.56. The first-order valence-electron chi connectivity index (χ1n) is 6.75. The zero-order chi connectivity index (χ0) is 15.0. The van der Waals surface area contributed by atoms with Gasteiger partial charge in [-0.25, -0.2) is 0 Å². The molecule has 0 fully saturated rings. The Morgan fingerprint density at radius 2 is 2.15 bits per heavy atom. The molecule has 0 saturated heterocycles. The third kappa shape index (κ3) is 5.15. The molecule has 2 unspecified atom stereocenters. The van der Waals surface area contributed by atoms with Crippen molar-refractivity contribution in [2.24, 2.45) is 0 Å². The Balaban J connectivity index is 2.45. The highest BCUT2D eigenvalue weighted by molar-refractivity contribution is 5.80. The molecule has 0 radical (unpaired) electrons. The van der Waals surface area contributed by atoms with Gasteiger partial charge in [-0.05, 0) is 25.8 Å². The second kappa shape index (κ2) is 7.82. The van der Waals surface area contributed by atoms with Crippen LogP contribution in [0.4, 0.5) is 0 Å². The van der Waals surface area contributed by atoms with Gasteiger partial charge in [0.15, 0.2) is 0 Å². The summed E-state index contributed by atoms with van der Waals surface area (Å²) >= 11 is 0. The first kappa shape index (κ1) is 16.4. The van der Waals surface area contributed by atoms with E-state index in [1.54, 1.807) is 19.9 Å². The van der Waals surface area contributed by atoms with Crippen molar-refractivity contribution in [2.45, 2.75) is 32.0 Å². The largest absolute Gasteiger partial charge is 0.384 e. The summed E-state index contributed by atoms with van der Waals surface area (Å²) < 4.78 is 5.35. The van der Waals surface area contributed by atoms with Crippen LogP contribution in [0.25, 0.3) is 0 Å². The summed E-state index contributed by atoms with van der Waals surface area (Å²) in [6.07, 6.45) is 1.91. The second-order valence-corrected chi connectivity index (χ2v) is 4.95. The summed E-state index contributed by atoms with van der Waals surface area (Å²) in [5.41, 5.74) is -0.335. The average molecular weight is 277 g/mol. The van der Waals surface area contributed by atoms with E-state index < -0.39 is 11.7 Å². The Morgan fingerprint density at radius 3 is 2.75 bits per heavy atom. The van der Waals surface area contributed by atoms with Gasteiger partial charge in [-0.2, -0.15) is 0 Å². The molecule has 0 aliphatic rings. The lowest BCUT2D eigenvalue weighted by Gasteiger charge is -2.25. The number of carbonyl (C=O) groups excluding carboxylic acids is 1. The maximum atomic E-state index is 11.8. The Morgan fingerprint density at radius 1 is 1.50 bits per heavy atom. The molecule has 1 aromatic carbocycles. The number of carbonyl (C=O) groups is 1. The highest BCUT2D eigenvalue weighted by Crippen LogP contribution is 2.18. The van der Waals surface area contributed by atoms with E-state index in [0.717, 1.165) is 5.56 Å². The van der Waals surface area contributed by atoms with E-state index in [4.69, 9.17) is 4.74 Å². The van der Waals surface area contributed by atoms with Crippen molar-refractivity contribution in [1.82, 2.24) is 5.32 Å². The molecule has 2 atom stereocenters. The molecule has 1 rings (SSSR count). The SMILES string of the molecule is C=CCCOC(C)C(=O)NCC(C)(O)c1ccccc1. The summed E-state index contributed by atoms with van der Waals surface area (Å²) in [5.74, 6) is -0.231. The molecule has 0 aliphatic heterocycles. The number of nitrogens with one attached hydrogen (secondary N) is 1. The third-order valence-electron chi connectivity index (χ3n) is 3.06. The van der Waals surface area contributed by atoms with Crippen molar-refractivity contribution in [1.29, 1.82) is 0 Å². The number of benzene rings is 1. The molecular formula is C16H23NO3. The number of amides is 1. The number of hydrogen-bond donors (Lipinski definition) is 2. The third-order valence-corrected chi connectivity index (χ3v) is 3.06. The minimum Gasteiger partial charge on any atom is -0.384 e. The maximum absolute atomic E-state index is 11.8. The fraction of sp³-hybridized carbons (Fsp3) is 0.438. The van der Waals surface area contributed by atoms with Gasteiger partial charge in [-0.1, -0.05) is 36.4 Å². The van der Waals surface area contributed by atoms with Crippen LogP contribution in [0.15, 0.2) is 43.0 Å². The molecule has 1 aromatic rings. The monoisotopic (exact) mass is 277 g/mol. The standard InChI is InChI=1S/C16H23NO3/c1-4-5-11-20-13(2)15(18)17-12-16(3,19)14-9-7-6-8-10-14/h4,6-10,13,19H,1,5,11-12H2,2-3H3,(H,17,18). The normalized spacial score (nSPS) is 15.2. The van der Waals surface area contributed by atoms with Gasteiger partial charge >= 0.3 is 0 Å². The van der Waals surface area contributed by atoms with Crippen LogP contribution in [0.5, 0.6) is 0 Å². The lowest BCUT2D eigenvalue weighted by Crippen LogP contribution is -2.43. The predicted molar refractivity (Wildman–Crippen MR) is 79.3 cm³/mol. The maximum Gasteiger partial charge on any atom is 0.248 e. The van der Waals surface area contributed by atoms with Crippen LogP contribution in [0, 0.1) is 0 Å². The van der Waals surface area contributed by atoms with E-state index in [1.165, 1.54) is 0 Å². The minimum atomic E-state index is -1.10. The van der Waals surface area contributed by atoms with Crippen molar-refractivity contribution in [3.05, 3.63) is 48.6 Å². The fourth-order valence-electron chi connectivity index (χ4n) is 1.71. The first-order valence-corrected chi connectivity index (χ1v) is 6.75. The van der Waals surface area contributed by atoms with Crippen LogP contribution >= 0.6 is 0 Å². The summed E-state index contributed by atoms with van der Waals surface area (Å²) in [7, 11) is 0. The first-order chi connectivity index (χ1) is 9.47. The number of aliphatic hydroxyl groups is 1. The molecular weight excluding hydrogens is 254 g/mol. The molecule has 2 N–H and O–H groups in total. The topological polar surface area (TPSA) is 58.6 Å². The Labute approximate surface area is 120 Å². The van der Waals surface area contributed by atoms with Crippen molar-refractivity contribution in [3.8, 4) is 0 Å². The number of ether oxygens (including phenoxy) is 1. The van der Waals surface area contributed by atoms with Gasteiger partial charge in [0, 0.05) is 0 Å². The van der Waals surface area contributed by atoms with Gasteiger partial charge in [-0.15, -0.1) is 6.58 Å². The molecule has 0 aliphatic carbocycles. The Kier molecular flexibility index (Phi) is 6.42. The average Bonchev–Trinajstić information content (AvgIpc) is 2.46. The summed E-state index contributed by atoms with van der Waals surface area (Å²) in [6, 6.07) is 9.25. The van der Waals surface area contributed by atoms with Gasteiger partial charge in [0.1, 0.15) is 11.7 Å². The number of hydrogen-bond acceptors (Lipinski definition) is 3. The van der Waals surface area contributed by atoms with Gasteiger partial charge in [0.05, 0.1) is 13.2 Å². The van der Waals surface area contributed by atoms with E-state index in [1.807, 2.05) is 30.3 Å². The van der Waals surface area contributed by atoms with E-state index in [0.29, 0.717) is 13.0 Å². The molecule has 0 heterocycles. The van der Waals surface area contributed by atoms with Crippen molar-refractivity contribution in [3.63, 3.8) is 0 Å². The van der Waals surface area contributed by atoms with Crippen LogP contribution in [0.1, 0.15) is 25.8 Å². The predicted octanol–water partition coefficient (Wildman–Crippen LogP) is 1.99. The van der Waals surface area contributed by atoms with Crippen LogP contribution in [-0.4, -0.2) is 30.3 Å². The van der Waals surface area contributed by atoms with Gasteiger partial charge in [0.25, 0.3) is 0 Å². The highest BCUT2D eigenvalue weighted by atomic mass is 16.5. The highest BCUT2D eigenvalue weighted by Gasteiger charge is 2.24. The minimum absolute atomic E-state index is 0.144. The van der Waals surface area contributed by atoms with Crippen LogP contribution in [0.3, 0.4) is 0 Å². The fourth-order valence-corrected chi connectivity index (χ4v) is 1.71. The smallest absolute Gasteiger partial charge is 0.248 e. The summed E-state index contributed by atoms with van der Waals surface area (Å²) in [4.78, 5) is 11.8. The molecule has 4 nitrogen and oxygen atoms in total.